The average molecular weight is 323 g/mol. The highest BCUT2D eigenvalue weighted by Crippen LogP contribution is 2.28. The van der Waals surface area contributed by atoms with Gasteiger partial charge in [0.05, 0.1) is 5.02 Å². The first kappa shape index (κ1) is 15.6. The van der Waals surface area contributed by atoms with Gasteiger partial charge < -0.3 is 9.64 Å². The summed E-state index contributed by atoms with van der Waals surface area (Å²) in [5.41, 5.74) is 0. The van der Waals surface area contributed by atoms with E-state index in [-0.39, 0.29) is 12.1 Å². The standard InChI is InChI=1S/C17H23ClN2O2/c18-14-5-6-16(19-12-14)20-9-7-15(8-10-20)22-17(21)11-13-3-1-2-4-13/h5-6,12-13,15H,1-4,7-11H2. The molecule has 0 spiro atoms. The van der Waals surface area contributed by atoms with Gasteiger partial charge in [0, 0.05) is 38.5 Å². The third kappa shape index (κ3) is 4.13. The van der Waals surface area contributed by atoms with E-state index < -0.39 is 0 Å². The maximum Gasteiger partial charge on any atom is 0.306 e. The van der Waals surface area contributed by atoms with E-state index in [0.29, 0.717) is 17.4 Å². The molecule has 22 heavy (non-hydrogen) atoms. The molecule has 0 atom stereocenters. The van der Waals surface area contributed by atoms with Crippen molar-refractivity contribution >= 4 is 23.4 Å². The van der Waals surface area contributed by atoms with Gasteiger partial charge in [-0.25, -0.2) is 4.98 Å². The molecule has 0 aromatic carbocycles. The normalized spacial score (nSPS) is 20.3. The number of hydrogen-bond donors (Lipinski definition) is 0. The summed E-state index contributed by atoms with van der Waals surface area (Å²) in [4.78, 5) is 18.6. The summed E-state index contributed by atoms with van der Waals surface area (Å²) in [6, 6.07) is 3.80. The Hall–Kier alpha value is -1.29. The van der Waals surface area contributed by atoms with Crippen LogP contribution in [0.3, 0.4) is 0 Å². The van der Waals surface area contributed by atoms with Gasteiger partial charge in [0.25, 0.3) is 0 Å². The molecule has 1 saturated carbocycles. The molecule has 1 aliphatic carbocycles. The first-order valence-corrected chi connectivity index (χ1v) is 8.64. The number of piperidine rings is 1. The summed E-state index contributed by atoms with van der Waals surface area (Å²) in [7, 11) is 0. The molecular formula is C17H23ClN2O2. The molecule has 4 nitrogen and oxygen atoms in total. The lowest BCUT2D eigenvalue weighted by Crippen LogP contribution is -2.38. The molecule has 3 rings (SSSR count). The number of anilines is 1. The second-order valence-electron chi connectivity index (χ2n) is 6.37. The fourth-order valence-electron chi connectivity index (χ4n) is 3.44. The fraction of sp³-hybridized carbons (Fsp3) is 0.647. The van der Waals surface area contributed by atoms with Crippen LogP contribution in [-0.2, 0) is 9.53 Å². The van der Waals surface area contributed by atoms with Gasteiger partial charge in [0.15, 0.2) is 0 Å². The van der Waals surface area contributed by atoms with E-state index in [9.17, 15) is 4.79 Å². The minimum absolute atomic E-state index is 0.00466. The van der Waals surface area contributed by atoms with Gasteiger partial charge >= 0.3 is 5.97 Å². The predicted molar refractivity (Wildman–Crippen MR) is 87.1 cm³/mol. The van der Waals surface area contributed by atoms with Crippen molar-refractivity contribution in [2.45, 2.75) is 51.0 Å². The summed E-state index contributed by atoms with van der Waals surface area (Å²) >= 11 is 5.86. The maximum atomic E-state index is 12.0. The topological polar surface area (TPSA) is 42.4 Å². The average Bonchev–Trinajstić information content (AvgIpc) is 3.02. The Balaban J connectivity index is 1.43. The van der Waals surface area contributed by atoms with Crippen molar-refractivity contribution in [2.24, 2.45) is 5.92 Å². The van der Waals surface area contributed by atoms with Crippen LogP contribution in [0.5, 0.6) is 0 Å². The Labute approximate surface area is 136 Å². The Morgan fingerprint density at radius 2 is 1.95 bits per heavy atom. The maximum absolute atomic E-state index is 12.0. The molecule has 0 amide bonds. The molecule has 2 fully saturated rings. The number of halogens is 1. The zero-order valence-electron chi connectivity index (χ0n) is 12.8. The summed E-state index contributed by atoms with van der Waals surface area (Å²) in [5, 5.41) is 0.652. The Morgan fingerprint density at radius 3 is 2.59 bits per heavy atom. The largest absolute Gasteiger partial charge is 0.462 e. The molecule has 2 heterocycles. The van der Waals surface area contributed by atoms with Crippen molar-refractivity contribution < 1.29 is 9.53 Å². The number of nitrogens with zero attached hydrogens (tertiary/aromatic N) is 2. The highest BCUT2D eigenvalue weighted by atomic mass is 35.5. The van der Waals surface area contributed by atoms with Gasteiger partial charge in [-0.3, -0.25) is 4.79 Å². The van der Waals surface area contributed by atoms with Crippen molar-refractivity contribution in [1.82, 2.24) is 4.98 Å². The van der Waals surface area contributed by atoms with Crippen LogP contribution < -0.4 is 4.90 Å². The minimum Gasteiger partial charge on any atom is -0.462 e. The molecule has 5 heteroatoms. The zero-order chi connectivity index (χ0) is 15.4. The quantitative estimate of drug-likeness (QED) is 0.790. The second-order valence-corrected chi connectivity index (χ2v) is 6.80. The number of pyridine rings is 1. The van der Waals surface area contributed by atoms with Crippen molar-refractivity contribution in [3.8, 4) is 0 Å². The summed E-state index contributed by atoms with van der Waals surface area (Å²) < 4.78 is 5.65. The van der Waals surface area contributed by atoms with Gasteiger partial charge in [0.1, 0.15) is 11.9 Å². The van der Waals surface area contributed by atoms with Crippen LogP contribution >= 0.6 is 11.6 Å². The third-order valence-electron chi connectivity index (χ3n) is 4.71. The van der Waals surface area contributed by atoms with Crippen molar-refractivity contribution in [2.75, 3.05) is 18.0 Å². The van der Waals surface area contributed by atoms with E-state index >= 15 is 0 Å². The molecular weight excluding hydrogens is 300 g/mol. The lowest BCUT2D eigenvalue weighted by molar-refractivity contribution is -0.151. The molecule has 2 aliphatic rings. The summed E-state index contributed by atoms with van der Waals surface area (Å²) in [6.07, 6.45) is 9.02. The first-order valence-electron chi connectivity index (χ1n) is 8.26. The monoisotopic (exact) mass is 322 g/mol. The number of rotatable bonds is 4. The van der Waals surface area contributed by atoms with Gasteiger partial charge in [-0.2, -0.15) is 0 Å². The molecule has 1 saturated heterocycles. The van der Waals surface area contributed by atoms with E-state index in [4.69, 9.17) is 16.3 Å². The number of aromatic nitrogens is 1. The number of hydrogen-bond acceptors (Lipinski definition) is 4. The molecule has 1 aromatic heterocycles. The van der Waals surface area contributed by atoms with Gasteiger partial charge in [-0.15, -0.1) is 0 Å². The van der Waals surface area contributed by atoms with Crippen LogP contribution in [0.2, 0.25) is 5.02 Å². The van der Waals surface area contributed by atoms with Gasteiger partial charge in [0.2, 0.25) is 0 Å². The predicted octanol–water partition coefficient (Wildman–Crippen LogP) is 3.83. The van der Waals surface area contributed by atoms with Crippen LogP contribution in [0.25, 0.3) is 0 Å². The van der Waals surface area contributed by atoms with Crippen LogP contribution in [0.4, 0.5) is 5.82 Å². The van der Waals surface area contributed by atoms with Gasteiger partial charge in [-0.05, 0) is 30.9 Å². The second kappa shape index (κ2) is 7.32. The summed E-state index contributed by atoms with van der Waals surface area (Å²) in [5.74, 6) is 1.50. The van der Waals surface area contributed by atoms with Crippen LogP contribution in [-0.4, -0.2) is 30.1 Å². The lowest BCUT2D eigenvalue weighted by Gasteiger charge is -2.32. The Kier molecular flexibility index (Phi) is 5.19. The Bertz CT molecular complexity index is 492. The number of carbonyl (C=O) groups excluding carboxylic acids is 1. The van der Waals surface area contributed by atoms with Crippen LogP contribution in [0, 0.1) is 5.92 Å². The number of esters is 1. The zero-order valence-corrected chi connectivity index (χ0v) is 13.6. The highest BCUT2D eigenvalue weighted by molar-refractivity contribution is 6.30. The molecule has 0 bridgehead atoms. The van der Waals surface area contributed by atoms with E-state index in [1.54, 1.807) is 6.20 Å². The lowest BCUT2D eigenvalue weighted by atomic mass is 10.0. The molecule has 0 unspecified atom stereocenters. The van der Waals surface area contributed by atoms with Crippen LogP contribution in [0.1, 0.15) is 44.9 Å². The van der Waals surface area contributed by atoms with Crippen molar-refractivity contribution in [3.63, 3.8) is 0 Å². The van der Waals surface area contributed by atoms with Crippen molar-refractivity contribution in [3.05, 3.63) is 23.4 Å². The van der Waals surface area contributed by atoms with E-state index in [2.05, 4.69) is 9.88 Å². The fourth-order valence-corrected chi connectivity index (χ4v) is 3.55. The van der Waals surface area contributed by atoms with Crippen LogP contribution in [0.15, 0.2) is 18.3 Å². The van der Waals surface area contributed by atoms with E-state index in [1.807, 2.05) is 12.1 Å². The van der Waals surface area contributed by atoms with Crippen molar-refractivity contribution in [1.29, 1.82) is 0 Å². The minimum atomic E-state index is -0.00466. The summed E-state index contributed by atoms with van der Waals surface area (Å²) in [6.45, 7) is 1.74. The molecule has 120 valence electrons. The molecule has 1 aromatic rings. The third-order valence-corrected chi connectivity index (χ3v) is 4.93. The molecule has 1 aliphatic heterocycles. The Morgan fingerprint density at radius 1 is 1.23 bits per heavy atom. The SMILES string of the molecule is O=C(CC1CCCC1)OC1CCN(c2ccc(Cl)cn2)CC1. The molecule has 0 radical (unpaired) electrons. The first-order chi connectivity index (χ1) is 10.7. The smallest absolute Gasteiger partial charge is 0.306 e. The van der Waals surface area contributed by atoms with E-state index in [0.717, 1.165) is 31.7 Å². The number of ether oxygens (including phenoxy) is 1. The molecule has 0 N–H and O–H groups in total. The van der Waals surface area contributed by atoms with E-state index in [1.165, 1.54) is 25.7 Å². The number of carbonyl (C=O) groups is 1. The highest BCUT2D eigenvalue weighted by Gasteiger charge is 2.25. The van der Waals surface area contributed by atoms with Gasteiger partial charge in [-0.1, -0.05) is 24.4 Å².